The lowest BCUT2D eigenvalue weighted by atomic mass is 10.2. The molecule has 21 heavy (non-hydrogen) atoms. The van der Waals surface area contributed by atoms with E-state index >= 15 is 0 Å². The number of carbonyl (C=O) groups is 2. The van der Waals surface area contributed by atoms with E-state index in [0.717, 1.165) is 0 Å². The number of nitrogens with one attached hydrogen (secondary N) is 1. The minimum Gasteiger partial charge on any atom is -0.476 e. The number of aryl methyl sites for hydroxylation is 1. The van der Waals surface area contributed by atoms with Crippen LogP contribution in [0.4, 0.5) is 0 Å². The third kappa shape index (κ3) is 2.62. The van der Waals surface area contributed by atoms with Crippen LogP contribution in [0.3, 0.4) is 0 Å². The molecule has 2 N–H and O–H groups in total. The molecule has 0 aromatic carbocycles. The summed E-state index contributed by atoms with van der Waals surface area (Å²) < 4.78 is 2.94. The number of amides is 1. The van der Waals surface area contributed by atoms with Crippen molar-refractivity contribution in [1.82, 2.24) is 29.9 Å². The number of aromatic nitrogens is 5. The molecular weight excluding hydrogens is 276 g/mol. The molecule has 0 fully saturated rings. The number of carboxylic acids is 1. The summed E-state index contributed by atoms with van der Waals surface area (Å²) >= 11 is 0. The summed E-state index contributed by atoms with van der Waals surface area (Å²) in [6.07, 6.45) is 3.04. The van der Waals surface area contributed by atoms with Crippen LogP contribution in [0, 0.1) is 0 Å². The molecule has 0 radical (unpaired) electrons. The van der Waals surface area contributed by atoms with Crippen molar-refractivity contribution in [3.8, 4) is 11.4 Å². The highest BCUT2D eigenvalue weighted by Crippen LogP contribution is 2.24. The largest absolute Gasteiger partial charge is 0.476 e. The molecule has 2 heterocycles. The zero-order chi connectivity index (χ0) is 15.6. The van der Waals surface area contributed by atoms with Gasteiger partial charge in [-0.05, 0) is 13.8 Å². The van der Waals surface area contributed by atoms with Crippen molar-refractivity contribution < 1.29 is 14.7 Å². The molecule has 1 unspecified atom stereocenters. The van der Waals surface area contributed by atoms with Crippen LogP contribution in [-0.4, -0.2) is 48.1 Å². The van der Waals surface area contributed by atoms with E-state index < -0.39 is 12.0 Å². The number of likely N-dealkylation sites (N-methyl/N-ethyl adjacent to an activating group) is 1. The Morgan fingerprint density at radius 3 is 2.71 bits per heavy atom. The number of carbonyl (C=O) groups excluding carboxylic acids is 1. The van der Waals surface area contributed by atoms with Gasteiger partial charge in [0.15, 0.2) is 5.69 Å². The minimum absolute atomic E-state index is 0.213. The Morgan fingerprint density at radius 1 is 1.48 bits per heavy atom. The molecule has 0 saturated carbocycles. The molecule has 2 aromatic heterocycles. The highest BCUT2D eigenvalue weighted by atomic mass is 16.4. The lowest BCUT2D eigenvalue weighted by Gasteiger charge is -2.14. The van der Waals surface area contributed by atoms with Crippen molar-refractivity contribution in [1.29, 1.82) is 0 Å². The van der Waals surface area contributed by atoms with Gasteiger partial charge in [-0.15, -0.1) is 5.10 Å². The fourth-order valence-electron chi connectivity index (χ4n) is 1.97. The number of nitrogens with zero attached hydrogens (tertiary/aromatic N) is 5. The number of hydrogen-bond donors (Lipinski definition) is 2. The second kappa shape index (κ2) is 5.73. The summed E-state index contributed by atoms with van der Waals surface area (Å²) in [5.41, 5.74) is 0.560. The molecule has 0 aliphatic rings. The van der Waals surface area contributed by atoms with Gasteiger partial charge in [-0.1, -0.05) is 5.21 Å². The third-order valence-corrected chi connectivity index (χ3v) is 3.05. The summed E-state index contributed by atoms with van der Waals surface area (Å²) in [6.45, 7) is 3.91. The van der Waals surface area contributed by atoms with Crippen LogP contribution in [0.1, 0.15) is 30.4 Å². The first-order valence-electron chi connectivity index (χ1n) is 6.40. The van der Waals surface area contributed by atoms with E-state index in [4.69, 9.17) is 0 Å². The topological polar surface area (TPSA) is 115 Å². The van der Waals surface area contributed by atoms with E-state index in [9.17, 15) is 14.7 Å². The SMILES string of the molecule is CCNC(=O)C(C)n1nnc(C(=O)O)c1-c1cncn1C. The maximum atomic E-state index is 12.0. The van der Waals surface area contributed by atoms with E-state index in [1.807, 2.05) is 0 Å². The van der Waals surface area contributed by atoms with Gasteiger partial charge >= 0.3 is 5.97 Å². The highest BCUT2D eigenvalue weighted by molar-refractivity contribution is 5.92. The molecule has 0 aliphatic carbocycles. The maximum Gasteiger partial charge on any atom is 0.358 e. The number of aromatic carboxylic acids is 1. The first-order valence-corrected chi connectivity index (χ1v) is 6.40. The van der Waals surface area contributed by atoms with Crippen molar-refractivity contribution in [2.75, 3.05) is 6.54 Å². The number of imidazole rings is 1. The molecule has 9 nitrogen and oxygen atoms in total. The molecule has 0 spiro atoms. The Hall–Kier alpha value is -2.71. The average Bonchev–Trinajstić information content (AvgIpc) is 3.03. The van der Waals surface area contributed by atoms with Crippen molar-refractivity contribution in [3.05, 3.63) is 18.2 Å². The Balaban J connectivity index is 2.55. The molecule has 2 rings (SSSR count). The molecule has 0 saturated heterocycles. The normalized spacial score (nSPS) is 12.1. The van der Waals surface area contributed by atoms with Gasteiger partial charge < -0.3 is 15.0 Å². The zero-order valence-corrected chi connectivity index (χ0v) is 11.9. The molecule has 0 bridgehead atoms. The van der Waals surface area contributed by atoms with E-state index in [-0.39, 0.29) is 17.3 Å². The zero-order valence-electron chi connectivity index (χ0n) is 11.9. The van der Waals surface area contributed by atoms with Crippen LogP contribution >= 0.6 is 0 Å². The molecule has 9 heteroatoms. The van der Waals surface area contributed by atoms with Crippen LogP contribution in [0.5, 0.6) is 0 Å². The Morgan fingerprint density at radius 2 is 2.19 bits per heavy atom. The smallest absolute Gasteiger partial charge is 0.358 e. The number of rotatable bonds is 5. The standard InChI is InChI=1S/C12H16N6O3/c1-4-14-11(19)7(2)18-10(8-5-13-6-17(8)3)9(12(20)21)15-16-18/h5-7H,4H2,1-3H3,(H,14,19)(H,20,21). The Labute approximate surface area is 120 Å². The van der Waals surface area contributed by atoms with Crippen LogP contribution in [0.15, 0.2) is 12.5 Å². The quantitative estimate of drug-likeness (QED) is 0.806. The van der Waals surface area contributed by atoms with Crippen molar-refractivity contribution >= 4 is 11.9 Å². The average molecular weight is 292 g/mol. The highest BCUT2D eigenvalue weighted by Gasteiger charge is 2.27. The molecule has 1 amide bonds. The van der Waals surface area contributed by atoms with Gasteiger partial charge in [0, 0.05) is 13.6 Å². The van der Waals surface area contributed by atoms with Crippen molar-refractivity contribution in [3.63, 3.8) is 0 Å². The predicted octanol–water partition coefficient (Wildman–Crippen LogP) is 0.0739. The third-order valence-electron chi connectivity index (χ3n) is 3.05. The van der Waals surface area contributed by atoms with Gasteiger partial charge in [0.2, 0.25) is 5.91 Å². The first-order chi connectivity index (χ1) is 9.97. The van der Waals surface area contributed by atoms with Gasteiger partial charge in [0.1, 0.15) is 11.7 Å². The summed E-state index contributed by atoms with van der Waals surface area (Å²) in [6, 6.07) is -0.685. The second-order valence-corrected chi connectivity index (χ2v) is 4.50. The van der Waals surface area contributed by atoms with Crippen LogP contribution in [0.2, 0.25) is 0 Å². The van der Waals surface area contributed by atoms with Gasteiger partial charge in [-0.2, -0.15) is 0 Å². The summed E-state index contributed by atoms with van der Waals surface area (Å²) in [5, 5.41) is 19.4. The lowest BCUT2D eigenvalue weighted by molar-refractivity contribution is -0.124. The molecule has 1 atom stereocenters. The van der Waals surface area contributed by atoms with Crippen molar-refractivity contribution in [2.45, 2.75) is 19.9 Å². The lowest BCUT2D eigenvalue weighted by Crippen LogP contribution is -2.31. The number of carboxylic acid groups (broad SMARTS) is 1. The maximum absolute atomic E-state index is 12.0. The summed E-state index contributed by atoms with van der Waals surface area (Å²) in [7, 11) is 1.72. The molecule has 0 aliphatic heterocycles. The Bertz CT molecular complexity index is 674. The molecular formula is C12H16N6O3. The minimum atomic E-state index is -1.21. The van der Waals surface area contributed by atoms with Gasteiger partial charge in [0.25, 0.3) is 0 Å². The van der Waals surface area contributed by atoms with Gasteiger partial charge in [-0.3, -0.25) is 4.79 Å². The fraction of sp³-hybridized carbons (Fsp3) is 0.417. The second-order valence-electron chi connectivity index (χ2n) is 4.50. The van der Waals surface area contributed by atoms with E-state index in [1.165, 1.54) is 17.2 Å². The van der Waals surface area contributed by atoms with Crippen LogP contribution in [0.25, 0.3) is 11.4 Å². The monoisotopic (exact) mass is 292 g/mol. The van der Waals surface area contributed by atoms with E-state index in [2.05, 4.69) is 20.6 Å². The summed E-state index contributed by atoms with van der Waals surface area (Å²) in [5.74, 6) is -1.47. The van der Waals surface area contributed by atoms with E-state index in [1.54, 1.807) is 25.5 Å². The number of hydrogen-bond acceptors (Lipinski definition) is 5. The van der Waals surface area contributed by atoms with Crippen LogP contribution < -0.4 is 5.32 Å². The first kappa shape index (κ1) is 14.7. The fourth-order valence-corrected chi connectivity index (χ4v) is 1.97. The molecule has 2 aromatic rings. The van der Waals surface area contributed by atoms with Gasteiger partial charge in [0.05, 0.1) is 18.2 Å². The van der Waals surface area contributed by atoms with E-state index in [0.29, 0.717) is 12.2 Å². The van der Waals surface area contributed by atoms with Gasteiger partial charge in [-0.25, -0.2) is 14.5 Å². The van der Waals surface area contributed by atoms with Crippen molar-refractivity contribution in [2.24, 2.45) is 7.05 Å². The van der Waals surface area contributed by atoms with Crippen LogP contribution in [-0.2, 0) is 11.8 Å². The Kier molecular flexibility index (Phi) is 4.01. The summed E-state index contributed by atoms with van der Waals surface area (Å²) in [4.78, 5) is 27.2. The predicted molar refractivity (Wildman–Crippen MR) is 72.6 cm³/mol. The molecule has 112 valence electrons.